The molecule has 1 aliphatic rings. The number of carbonyl (C=O) groups excluding carboxylic acids is 1. The zero-order valence-electron chi connectivity index (χ0n) is 9.48. The van der Waals surface area contributed by atoms with Crippen LogP contribution in [0.5, 0.6) is 0 Å². The topological polar surface area (TPSA) is 58.4 Å². The van der Waals surface area contributed by atoms with Crippen LogP contribution in [0.15, 0.2) is 24.3 Å². The normalized spacial score (nSPS) is 16.6. The van der Waals surface area contributed by atoms with Crippen molar-refractivity contribution in [3.8, 4) is 0 Å². The van der Waals surface area contributed by atoms with Crippen molar-refractivity contribution >= 4 is 23.1 Å². The first-order valence-corrected chi connectivity index (χ1v) is 5.94. The molecule has 1 amide bonds. The molecule has 4 nitrogen and oxygen atoms in total. The van der Waals surface area contributed by atoms with Crippen LogP contribution in [-0.2, 0) is 11.3 Å². The molecule has 5 heteroatoms. The first-order chi connectivity index (χ1) is 8.15. The summed E-state index contributed by atoms with van der Waals surface area (Å²) in [6.45, 7) is 2.87. The van der Waals surface area contributed by atoms with Crippen molar-refractivity contribution < 1.29 is 4.79 Å². The summed E-state index contributed by atoms with van der Waals surface area (Å²) >= 11 is 4.90. The van der Waals surface area contributed by atoms with Gasteiger partial charge in [0.2, 0.25) is 5.91 Å². The molecule has 3 N–H and O–H groups in total. The van der Waals surface area contributed by atoms with E-state index in [-0.39, 0.29) is 5.91 Å². The maximum atomic E-state index is 11.2. The van der Waals surface area contributed by atoms with Crippen molar-refractivity contribution in [1.82, 2.24) is 10.2 Å². The fraction of sp³-hybridized carbons (Fsp3) is 0.333. The highest BCUT2D eigenvalue weighted by Crippen LogP contribution is 2.08. The molecule has 0 radical (unpaired) electrons. The highest BCUT2D eigenvalue weighted by atomic mass is 32.1. The summed E-state index contributed by atoms with van der Waals surface area (Å²) < 4.78 is 0. The van der Waals surface area contributed by atoms with Crippen molar-refractivity contribution in [2.75, 3.05) is 19.6 Å². The molecule has 2 rings (SSSR count). The molecule has 1 aliphatic heterocycles. The molecule has 1 aromatic rings. The van der Waals surface area contributed by atoms with Gasteiger partial charge in [-0.2, -0.15) is 0 Å². The Morgan fingerprint density at radius 2 is 2.12 bits per heavy atom. The fourth-order valence-electron chi connectivity index (χ4n) is 1.86. The van der Waals surface area contributed by atoms with E-state index in [2.05, 4.69) is 10.2 Å². The summed E-state index contributed by atoms with van der Waals surface area (Å²) in [6, 6.07) is 7.84. The minimum Gasteiger partial charge on any atom is -0.389 e. The van der Waals surface area contributed by atoms with Crippen LogP contribution in [0.4, 0.5) is 0 Å². The third-order valence-corrected chi connectivity index (χ3v) is 3.00. The Hall–Kier alpha value is -1.46. The van der Waals surface area contributed by atoms with Crippen LogP contribution < -0.4 is 11.1 Å². The minimum atomic E-state index is 0.0935. The highest BCUT2D eigenvalue weighted by Gasteiger charge is 2.15. The van der Waals surface area contributed by atoms with Crippen molar-refractivity contribution in [2.45, 2.75) is 6.54 Å². The van der Waals surface area contributed by atoms with Gasteiger partial charge in [-0.3, -0.25) is 9.69 Å². The lowest BCUT2D eigenvalue weighted by Gasteiger charge is -2.26. The zero-order chi connectivity index (χ0) is 12.3. The molecule has 1 fully saturated rings. The molecule has 1 saturated heterocycles. The predicted molar refractivity (Wildman–Crippen MR) is 70.6 cm³/mol. The Morgan fingerprint density at radius 1 is 1.41 bits per heavy atom. The number of nitrogens with one attached hydrogen (secondary N) is 1. The quantitative estimate of drug-likeness (QED) is 0.754. The van der Waals surface area contributed by atoms with E-state index in [1.165, 1.54) is 5.56 Å². The third-order valence-electron chi connectivity index (χ3n) is 2.76. The molecular formula is C12H15N3OS. The van der Waals surface area contributed by atoms with Gasteiger partial charge >= 0.3 is 0 Å². The number of carbonyl (C=O) groups is 1. The van der Waals surface area contributed by atoms with E-state index in [0.717, 1.165) is 25.2 Å². The lowest BCUT2D eigenvalue weighted by atomic mass is 10.1. The predicted octanol–water partition coefficient (Wildman–Crippen LogP) is 0.253. The Morgan fingerprint density at radius 3 is 2.71 bits per heavy atom. The number of amides is 1. The molecule has 0 spiro atoms. The average molecular weight is 249 g/mol. The molecule has 0 saturated carbocycles. The van der Waals surface area contributed by atoms with Gasteiger partial charge in [-0.05, 0) is 5.56 Å². The number of nitrogens with zero attached hydrogens (tertiary/aromatic N) is 1. The smallest absolute Gasteiger partial charge is 0.234 e. The second-order valence-electron chi connectivity index (χ2n) is 4.12. The first kappa shape index (κ1) is 12.0. The summed E-state index contributed by atoms with van der Waals surface area (Å²) in [5.41, 5.74) is 7.58. The number of hydrogen-bond acceptors (Lipinski definition) is 3. The van der Waals surface area contributed by atoms with E-state index < -0.39 is 0 Å². The van der Waals surface area contributed by atoms with E-state index in [4.69, 9.17) is 18.0 Å². The first-order valence-electron chi connectivity index (χ1n) is 5.53. The summed E-state index contributed by atoms with van der Waals surface area (Å²) in [7, 11) is 0. The number of rotatable bonds is 3. The maximum absolute atomic E-state index is 11.2. The van der Waals surface area contributed by atoms with E-state index in [1.54, 1.807) is 0 Å². The van der Waals surface area contributed by atoms with Gasteiger partial charge in [0.25, 0.3) is 0 Å². The van der Waals surface area contributed by atoms with Crippen LogP contribution in [0.3, 0.4) is 0 Å². The lowest BCUT2D eigenvalue weighted by Crippen LogP contribution is -2.47. The average Bonchev–Trinajstić information content (AvgIpc) is 2.29. The SMILES string of the molecule is NC(=S)c1ccc(CN2CCNC(=O)C2)cc1. The van der Waals surface area contributed by atoms with Crippen LogP contribution >= 0.6 is 12.2 Å². The number of benzene rings is 1. The largest absolute Gasteiger partial charge is 0.389 e. The molecule has 0 unspecified atom stereocenters. The van der Waals surface area contributed by atoms with Crippen LogP contribution in [0.25, 0.3) is 0 Å². The second-order valence-corrected chi connectivity index (χ2v) is 4.56. The fourth-order valence-corrected chi connectivity index (χ4v) is 2.00. The summed E-state index contributed by atoms with van der Waals surface area (Å²) in [6.07, 6.45) is 0. The van der Waals surface area contributed by atoms with Crippen molar-refractivity contribution in [3.63, 3.8) is 0 Å². The molecule has 1 heterocycles. The second kappa shape index (κ2) is 5.25. The monoisotopic (exact) mass is 249 g/mol. The molecule has 0 bridgehead atoms. The Bertz CT molecular complexity index is 430. The number of thiocarbonyl (C=S) groups is 1. The third kappa shape index (κ3) is 3.25. The van der Waals surface area contributed by atoms with Crippen LogP contribution in [0, 0.1) is 0 Å². The Balaban J connectivity index is 1.98. The number of hydrogen-bond donors (Lipinski definition) is 2. The number of nitrogens with two attached hydrogens (primary N) is 1. The molecule has 0 aromatic heterocycles. The Labute approximate surface area is 106 Å². The molecule has 90 valence electrons. The van der Waals surface area contributed by atoms with Crippen LogP contribution in [-0.4, -0.2) is 35.4 Å². The van der Waals surface area contributed by atoms with Gasteiger partial charge in [-0.25, -0.2) is 0 Å². The van der Waals surface area contributed by atoms with E-state index in [0.29, 0.717) is 11.5 Å². The lowest BCUT2D eigenvalue weighted by molar-refractivity contribution is -0.124. The maximum Gasteiger partial charge on any atom is 0.234 e. The van der Waals surface area contributed by atoms with Crippen molar-refractivity contribution in [3.05, 3.63) is 35.4 Å². The number of piperazine rings is 1. The molecular weight excluding hydrogens is 234 g/mol. The van der Waals surface area contributed by atoms with Crippen LogP contribution in [0.2, 0.25) is 0 Å². The van der Waals surface area contributed by atoms with E-state index in [9.17, 15) is 4.79 Å². The molecule has 1 aromatic carbocycles. The van der Waals surface area contributed by atoms with Gasteiger partial charge < -0.3 is 11.1 Å². The standard InChI is InChI=1S/C12H15N3OS/c13-12(17)10-3-1-9(2-4-10)7-15-6-5-14-11(16)8-15/h1-4H,5-8H2,(H2,13,17)(H,14,16). The van der Waals surface area contributed by atoms with Gasteiger partial charge in [0.05, 0.1) is 6.54 Å². The van der Waals surface area contributed by atoms with Crippen molar-refractivity contribution in [2.24, 2.45) is 5.73 Å². The van der Waals surface area contributed by atoms with E-state index in [1.807, 2.05) is 24.3 Å². The minimum absolute atomic E-state index is 0.0935. The van der Waals surface area contributed by atoms with Gasteiger partial charge in [0.1, 0.15) is 4.99 Å². The summed E-state index contributed by atoms with van der Waals surface area (Å²) in [4.78, 5) is 13.8. The highest BCUT2D eigenvalue weighted by molar-refractivity contribution is 7.80. The van der Waals surface area contributed by atoms with Crippen molar-refractivity contribution in [1.29, 1.82) is 0 Å². The van der Waals surface area contributed by atoms with E-state index >= 15 is 0 Å². The van der Waals surface area contributed by atoms with Gasteiger partial charge in [-0.15, -0.1) is 0 Å². The summed E-state index contributed by atoms with van der Waals surface area (Å²) in [5.74, 6) is 0.0935. The Kier molecular flexibility index (Phi) is 3.71. The van der Waals surface area contributed by atoms with Crippen LogP contribution in [0.1, 0.15) is 11.1 Å². The van der Waals surface area contributed by atoms with Gasteiger partial charge in [0.15, 0.2) is 0 Å². The molecule has 0 atom stereocenters. The van der Waals surface area contributed by atoms with Gasteiger partial charge in [0, 0.05) is 25.2 Å². The zero-order valence-corrected chi connectivity index (χ0v) is 10.3. The molecule has 17 heavy (non-hydrogen) atoms. The molecule has 0 aliphatic carbocycles. The summed E-state index contributed by atoms with van der Waals surface area (Å²) in [5, 5.41) is 2.81. The van der Waals surface area contributed by atoms with Gasteiger partial charge in [-0.1, -0.05) is 36.5 Å².